The van der Waals surface area contributed by atoms with Gasteiger partial charge in [-0.25, -0.2) is 0 Å². The minimum absolute atomic E-state index is 0.0775. The molecule has 0 aromatic heterocycles. The maximum absolute atomic E-state index is 10.7. The van der Waals surface area contributed by atoms with Crippen molar-refractivity contribution in [3.8, 4) is 0 Å². The molecular weight excluding hydrogens is 248 g/mol. The van der Waals surface area contributed by atoms with Crippen LogP contribution in [-0.4, -0.2) is 4.92 Å². The Balaban J connectivity index is 3.21. The van der Waals surface area contributed by atoms with E-state index in [1.54, 1.807) is 12.1 Å². The number of nitro benzene ring substituents is 1. The van der Waals surface area contributed by atoms with Crippen molar-refractivity contribution in [1.82, 2.24) is 0 Å². The lowest BCUT2D eigenvalue weighted by molar-refractivity contribution is -0.385. The Morgan fingerprint density at radius 1 is 1.64 bits per heavy atom. The summed E-state index contributed by atoms with van der Waals surface area (Å²) in [5.74, 6) is 0. The van der Waals surface area contributed by atoms with Gasteiger partial charge in [-0.2, -0.15) is 0 Å². The molecule has 0 spiro atoms. The third-order valence-electron chi connectivity index (χ3n) is 2.03. The van der Waals surface area contributed by atoms with Gasteiger partial charge in [-0.3, -0.25) is 10.1 Å². The smallest absolute Gasteiger partial charge is 0.275 e. The highest BCUT2D eigenvalue weighted by Gasteiger charge is 2.18. The highest BCUT2D eigenvalue weighted by molar-refractivity contribution is 9.10. The third-order valence-corrected chi connectivity index (χ3v) is 2.52. The lowest BCUT2D eigenvalue weighted by Gasteiger charge is -2.09. The topological polar surface area (TPSA) is 69.2 Å². The number of nitrogens with zero attached hydrogens (tertiary/aromatic N) is 1. The number of halogens is 1. The van der Waals surface area contributed by atoms with Crippen LogP contribution in [-0.2, 0) is 0 Å². The molecule has 1 aromatic rings. The van der Waals surface area contributed by atoms with Gasteiger partial charge in [0, 0.05) is 22.1 Å². The average molecular weight is 259 g/mol. The van der Waals surface area contributed by atoms with Crippen molar-refractivity contribution in [2.24, 2.45) is 5.73 Å². The van der Waals surface area contributed by atoms with E-state index >= 15 is 0 Å². The van der Waals surface area contributed by atoms with E-state index in [-0.39, 0.29) is 11.7 Å². The summed E-state index contributed by atoms with van der Waals surface area (Å²) < 4.78 is 0.691. The lowest BCUT2D eigenvalue weighted by Crippen LogP contribution is -2.10. The van der Waals surface area contributed by atoms with Crippen LogP contribution in [0.5, 0.6) is 0 Å². The summed E-state index contributed by atoms with van der Waals surface area (Å²) in [5.41, 5.74) is 6.42. The van der Waals surface area contributed by atoms with Gasteiger partial charge in [0.25, 0.3) is 5.69 Å². The number of nitro groups is 1. The Hall–Kier alpha value is -0.940. The summed E-state index contributed by atoms with van der Waals surface area (Å²) in [4.78, 5) is 10.3. The van der Waals surface area contributed by atoms with Gasteiger partial charge in [0.05, 0.1) is 4.92 Å². The second kappa shape index (κ2) is 4.52. The molecule has 1 atom stereocenters. The highest BCUT2D eigenvalue weighted by atomic mass is 79.9. The van der Waals surface area contributed by atoms with Gasteiger partial charge in [0.2, 0.25) is 0 Å². The Kier molecular flexibility index (Phi) is 3.60. The summed E-state index contributed by atoms with van der Waals surface area (Å²) >= 11 is 3.19. The summed E-state index contributed by atoms with van der Waals surface area (Å²) in [6.45, 7) is 1.90. The van der Waals surface area contributed by atoms with Gasteiger partial charge in [-0.05, 0) is 18.6 Å². The monoisotopic (exact) mass is 258 g/mol. The Morgan fingerprint density at radius 2 is 2.29 bits per heavy atom. The lowest BCUT2D eigenvalue weighted by atomic mass is 10.0. The molecule has 14 heavy (non-hydrogen) atoms. The third kappa shape index (κ3) is 2.30. The Labute approximate surface area is 90.4 Å². The van der Waals surface area contributed by atoms with Crippen molar-refractivity contribution >= 4 is 21.6 Å². The first-order valence-electron chi connectivity index (χ1n) is 4.25. The predicted octanol–water partition coefficient (Wildman–Crippen LogP) is 2.77. The van der Waals surface area contributed by atoms with Crippen LogP contribution in [0.4, 0.5) is 5.69 Å². The standard InChI is InChI=1S/C9H11BrN2O2/c1-2-8(11)7-4-3-6(10)5-9(7)12(13)14/h3-5,8H,2,11H2,1H3/t8-/m1/s1. The van der Waals surface area contributed by atoms with Crippen molar-refractivity contribution < 1.29 is 4.92 Å². The molecule has 1 rings (SSSR count). The molecule has 0 unspecified atom stereocenters. The zero-order valence-electron chi connectivity index (χ0n) is 7.74. The van der Waals surface area contributed by atoms with Crippen LogP contribution < -0.4 is 5.73 Å². The van der Waals surface area contributed by atoms with E-state index in [1.165, 1.54) is 6.07 Å². The van der Waals surface area contributed by atoms with Gasteiger partial charge >= 0.3 is 0 Å². The number of rotatable bonds is 3. The molecule has 76 valence electrons. The molecule has 0 fully saturated rings. The maximum Gasteiger partial charge on any atom is 0.275 e. The zero-order chi connectivity index (χ0) is 10.7. The fraction of sp³-hybridized carbons (Fsp3) is 0.333. The maximum atomic E-state index is 10.7. The molecule has 1 aromatic carbocycles. The van der Waals surface area contributed by atoms with Gasteiger partial charge in [0.1, 0.15) is 0 Å². The molecule has 2 N–H and O–H groups in total. The summed E-state index contributed by atoms with van der Waals surface area (Å²) in [7, 11) is 0. The molecule has 0 saturated heterocycles. The molecule has 0 aliphatic carbocycles. The first kappa shape index (κ1) is 11.1. The zero-order valence-corrected chi connectivity index (χ0v) is 9.32. The molecular formula is C9H11BrN2O2. The van der Waals surface area contributed by atoms with Gasteiger partial charge in [-0.1, -0.05) is 22.9 Å². The van der Waals surface area contributed by atoms with E-state index in [9.17, 15) is 10.1 Å². The van der Waals surface area contributed by atoms with Crippen molar-refractivity contribution in [3.63, 3.8) is 0 Å². The largest absolute Gasteiger partial charge is 0.324 e. The second-order valence-electron chi connectivity index (χ2n) is 2.97. The molecule has 0 saturated carbocycles. The number of nitrogens with two attached hydrogens (primary N) is 1. The fourth-order valence-electron chi connectivity index (χ4n) is 1.21. The van der Waals surface area contributed by atoms with E-state index in [2.05, 4.69) is 15.9 Å². The van der Waals surface area contributed by atoms with Crippen molar-refractivity contribution in [1.29, 1.82) is 0 Å². The van der Waals surface area contributed by atoms with Crippen molar-refractivity contribution in [2.75, 3.05) is 0 Å². The van der Waals surface area contributed by atoms with E-state index in [0.717, 1.165) is 0 Å². The summed E-state index contributed by atoms with van der Waals surface area (Å²) in [6.07, 6.45) is 0.683. The van der Waals surface area contributed by atoms with Crippen molar-refractivity contribution in [2.45, 2.75) is 19.4 Å². The molecule has 0 heterocycles. The van der Waals surface area contributed by atoms with Crippen molar-refractivity contribution in [3.05, 3.63) is 38.3 Å². The van der Waals surface area contributed by atoms with Crippen LogP contribution in [0, 0.1) is 10.1 Å². The Bertz CT molecular complexity index is 355. The van der Waals surface area contributed by atoms with Crippen LogP contribution in [0.25, 0.3) is 0 Å². The van der Waals surface area contributed by atoms with E-state index < -0.39 is 4.92 Å². The molecule has 0 radical (unpaired) electrons. The summed E-state index contributed by atoms with van der Waals surface area (Å²) in [5, 5.41) is 10.7. The van der Waals surface area contributed by atoms with Crippen LogP contribution in [0.3, 0.4) is 0 Å². The number of benzene rings is 1. The molecule has 0 aliphatic rings. The van der Waals surface area contributed by atoms with Gasteiger partial charge in [0.15, 0.2) is 0 Å². The van der Waals surface area contributed by atoms with Crippen LogP contribution >= 0.6 is 15.9 Å². The minimum Gasteiger partial charge on any atom is -0.324 e. The fourth-order valence-corrected chi connectivity index (χ4v) is 1.56. The normalized spacial score (nSPS) is 12.5. The molecule has 5 heteroatoms. The first-order chi connectivity index (χ1) is 6.56. The predicted molar refractivity (Wildman–Crippen MR) is 58.0 cm³/mol. The Morgan fingerprint density at radius 3 is 2.79 bits per heavy atom. The molecule has 0 bridgehead atoms. The van der Waals surface area contributed by atoms with Gasteiger partial charge < -0.3 is 5.73 Å². The molecule has 4 nitrogen and oxygen atoms in total. The van der Waals surface area contributed by atoms with E-state index in [1.807, 2.05) is 6.92 Å². The van der Waals surface area contributed by atoms with Gasteiger partial charge in [-0.15, -0.1) is 0 Å². The highest BCUT2D eigenvalue weighted by Crippen LogP contribution is 2.28. The average Bonchev–Trinajstić information content (AvgIpc) is 2.16. The molecule has 0 aliphatic heterocycles. The second-order valence-corrected chi connectivity index (χ2v) is 3.89. The number of hydrogen-bond donors (Lipinski definition) is 1. The van der Waals surface area contributed by atoms with Crippen LogP contribution in [0.15, 0.2) is 22.7 Å². The number of hydrogen-bond acceptors (Lipinski definition) is 3. The quantitative estimate of drug-likeness (QED) is 0.670. The summed E-state index contributed by atoms with van der Waals surface area (Å²) in [6, 6.07) is 4.66. The van der Waals surface area contributed by atoms with E-state index in [4.69, 9.17) is 5.73 Å². The van der Waals surface area contributed by atoms with Crippen LogP contribution in [0.1, 0.15) is 24.9 Å². The minimum atomic E-state index is -0.407. The van der Waals surface area contributed by atoms with E-state index in [0.29, 0.717) is 16.5 Å². The van der Waals surface area contributed by atoms with Crippen LogP contribution in [0.2, 0.25) is 0 Å². The molecule has 0 amide bonds. The SMILES string of the molecule is CC[C@@H](N)c1ccc(Br)cc1[N+](=O)[O-]. The first-order valence-corrected chi connectivity index (χ1v) is 5.05.